The van der Waals surface area contributed by atoms with Gasteiger partial charge >= 0.3 is 0 Å². The van der Waals surface area contributed by atoms with Crippen LogP contribution in [0.1, 0.15) is 64.8 Å². The fourth-order valence-corrected chi connectivity index (χ4v) is 5.70. The van der Waals surface area contributed by atoms with Crippen molar-refractivity contribution in [1.82, 2.24) is 19.3 Å². The third-order valence-corrected chi connectivity index (χ3v) is 7.90. The summed E-state index contributed by atoms with van der Waals surface area (Å²) in [4.78, 5) is 57.6. The SMILES string of the molecule is CC(C)C(=O)N(C)CCN1C(=O)c2c3c(c(O)c(=O)n2C1C1CC1)C(=O)N(Cc1ccc(F)c(Cl)c1)CC3. The van der Waals surface area contributed by atoms with Gasteiger partial charge in [0.05, 0.1) is 10.6 Å². The van der Waals surface area contributed by atoms with Crippen molar-refractivity contribution in [2.75, 3.05) is 26.7 Å². The molecule has 11 heteroatoms. The van der Waals surface area contributed by atoms with Crippen molar-refractivity contribution in [3.63, 3.8) is 0 Å². The van der Waals surface area contributed by atoms with E-state index in [1.165, 1.54) is 27.7 Å². The molecule has 1 atom stereocenters. The first-order valence-electron chi connectivity index (χ1n) is 12.8. The number of benzene rings is 1. The Morgan fingerprint density at radius 1 is 1.21 bits per heavy atom. The lowest BCUT2D eigenvalue weighted by Gasteiger charge is -2.30. The Labute approximate surface area is 224 Å². The van der Waals surface area contributed by atoms with Crippen LogP contribution in [0.4, 0.5) is 4.39 Å². The first-order valence-corrected chi connectivity index (χ1v) is 13.2. The number of aromatic nitrogens is 1. The quantitative estimate of drug-likeness (QED) is 0.577. The van der Waals surface area contributed by atoms with E-state index >= 15 is 0 Å². The van der Waals surface area contributed by atoms with Crippen molar-refractivity contribution in [3.05, 3.63) is 61.8 Å². The zero-order chi connectivity index (χ0) is 27.5. The molecule has 1 N–H and O–H groups in total. The van der Waals surface area contributed by atoms with Gasteiger partial charge in [0, 0.05) is 44.7 Å². The molecule has 1 saturated carbocycles. The van der Waals surface area contributed by atoms with Gasteiger partial charge in [-0.15, -0.1) is 0 Å². The highest BCUT2D eigenvalue weighted by Gasteiger charge is 2.49. The summed E-state index contributed by atoms with van der Waals surface area (Å²) in [5, 5.41) is 10.9. The van der Waals surface area contributed by atoms with Crippen molar-refractivity contribution < 1.29 is 23.9 Å². The molecule has 3 heterocycles. The van der Waals surface area contributed by atoms with Crippen LogP contribution in [0.15, 0.2) is 23.0 Å². The lowest BCUT2D eigenvalue weighted by molar-refractivity contribution is -0.133. The van der Waals surface area contributed by atoms with Crippen LogP contribution in [0.3, 0.4) is 0 Å². The zero-order valence-corrected chi connectivity index (χ0v) is 22.3. The number of hydrogen-bond acceptors (Lipinski definition) is 5. The van der Waals surface area contributed by atoms with E-state index in [-0.39, 0.29) is 66.0 Å². The minimum Gasteiger partial charge on any atom is -0.502 e. The molecule has 2 aliphatic heterocycles. The molecule has 0 bridgehead atoms. The minimum absolute atomic E-state index is 0.0440. The van der Waals surface area contributed by atoms with Gasteiger partial charge in [-0.05, 0) is 42.9 Å². The molecular formula is C27H30ClFN4O5. The van der Waals surface area contributed by atoms with Crippen molar-refractivity contribution in [3.8, 4) is 5.75 Å². The highest BCUT2D eigenvalue weighted by atomic mass is 35.5. The van der Waals surface area contributed by atoms with Crippen LogP contribution < -0.4 is 5.56 Å². The van der Waals surface area contributed by atoms with Gasteiger partial charge in [-0.3, -0.25) is 23.7 Å². The Morgan fingerprint density at radius 2 is 1.92 bits per heavy atom. The average molecular weight is 545 g/mol. The summed E-state index contributed by atoms with van der Waals surface area (Å²) >= 11 is 5.88. The number of rotatable bonds is 7. The maximum atomic E-state index is 13.7. The molecule has 2 aromatic rings. The number of halogens is 2. The van der Waals surface area contributed by atoms with Crippen molar-refractivity contribution in [2.45, 2.75) is 45.8 Å². The smallest absolute Gasteiger partial charge is 0.295 e. The van der Waals surface area contributed by atoms with E-state index in [4.69, 9.17) is 11.6 Å². The van der Waals surface area contributed by atoms with Gasteiger partial charge < -0.3 is 19.8 Å². The summed E-state index contributed by atoms with van der Waals surface area (Å²) < 4.78 is 14.9. The Kier molecular flexibility index (Phi) is 6.71. The molecule has 202 valence electrons. The van der Waals surface area contributed by atoms with Crippen molar-refractivity contribution >= 4 is 29.3 Å². The van der Waals surface area contributed by atoms with E-state index in [9.17, 15) is 28.7 Å². The van der Waals surface area contributed by atoms with E-state index in [2.05, 4.69) is 0 Å². The fourth-order valence-electron chi connectivity index (χ4n) is 5.50. The number of fused-ring (bicyclic) bond motifs is 3. The molecule has 1 aromatic heterocycles. The minimum atomic E-state index is -0.766. The third kappa shape index (κ3) is 4.34. The molecule has 1 unspecified atom stereocenters. The standard InChI is InChI=1S/C27H30ClFN4O5/c1-14(2)24(35)30(3)10-11-32-23(16-5-6-16)33-21(26(32)37)17-8-9-31(25(36)20(17)22(34)27(33)38)13-15-4-7-19(29)18(28)12-15/h4,7,12,14,16,23,34H,5-6,8-11,13H2,1-3H3. The second-order valence-corrected chi connectivity index (χ2v) is 11.0. The molecule has 3 aliphatic rings. The zero-order valence-electron chi connectivity index (χ0n) is 21.5. The van der Waals surface area contributed by atoms with Crippen LogP contribution in [0, 0.1) is 17.7 Å². The number of likely N-dealkylation sites (N-methyl/N-ethyl adjacent to an activating group) is 1. The van der Waals surface area contributed by atoms with E-state index in [1.54, 1.807) is 16.8 Å². The summed E-state index contributed by atoms with van der Waals surface area (Å²) in [6.07, 6.45) is 1.39. The fraction of sp³-hybridized carbons (Fsp3) is 0.481. The van der Waals surface area contributed by atoms with Gasteiger partial charge in [-0.2, -0.15) is 0 Å². The van der Waals surface area contributed by atoms with Gasteiger partial charge in [-0.25, -0.2) is 4.39 Å². The number of amides is 3. The van der Waals surface area contributed by atoms with Crippen LogP contribution in [-0.2, 0) is 17.8 Å². The highest BCUT2D eigenvalue weighted by molar-refractivity contribution is 6.30. The van der Waals surface area contributed by atoms with E-state index in [0.717, 1.165) is 12.8 Å². The lowest BCUT2D eigenvalue weighted by atomic mass is 9.95. The van der Waals surface area contributed by atoms with Crippen LogP contribution in [0.25, 0.3) is 0 Å². The second-order valence-electron chi connectivity index (χ2n) is 10.6. The normalized spacial score (nSPS) is 18.7. The lowest BCUT2D eigenvalue weighted by Crippen LogP contribution is -2.41. The summed E-state index contributed by atoms with van der Waals surface area (Å²) in [6, 6.07) is 4.16. The number of carbonyl (C=O) groups excluding carboxylic acids is 3. The molecule has 1 aromatic carbocycles. The molecular weight excluding hydrogens is 515 g/mol. The molecule has 0 spiro atoms. The van der Waals surface area contributed by atoms with E-state index < -0.39 is 29.2 Å². The molecule has 5 rings (SSSR count). The predicted octanol–water partition coefficient (Wildman–Crippen LogP) is 3.02. The number of carbonyl (C=O) groups is 3. The molecule has 0 radical (unpaired) electrons. The van der Waals surface area contributed by atoms with Crippen molar-refractivity contribution in [1.29, 1.82) is 0 Å². The van der Waals surface area contributed by atoms with Crippen LogP contribution in [0.5, 0.6) is 5.75 Å². The topological polar surface area (TPSA) is 103 Å². The number of hydrogen-bond donors (Lipinski definition) is 1. The Hall–Kier alpha value is -3.40. The first kappa shape index (κ1) is 26.2. The van der Waals surface area contributed by atoms with E-state index in [1.807, 2.05) is 13.8 Å². The van der Waals surface area contributed by atoms with Gasteiger partial charge in [-0.1, -0.05) is 31.5 Å². The summed E-state index contributed by atoms with van der Waals surface area (Å²) in [5.74, 6) is -2.33. The molecule has 9 nitrogen and oxygen atoms in total. The molecule has 38 heavy (non-hydrogen) atoms. The first-order chi connectivity index (χ1) is 18.0. The van der Waals surface area contributed by atoms with Gasteiger partial charge in [0.15, 0.2) is 5.75 Å². The van der Waals surface area contributed by atoms with Crippen LogP contribution in [0.2, 0.25) is 5.02 Å². The summed E-state index contributed by atoms with van der Waals surface area (Å²) in [5.41, 5.74) is 0.193. The van der Waals surface area contributed by atoms with Crippen molar-refractivity contribution in [2.24, 2.45) is 11.8 Å². The van der Waals surface area contributed by atoms with Crippen LogP contribution in [-0.4, -0.2) is 68.8 Å². The Bertz CT molecular complexity index is 1400. The summed E-state index contributed by atoms with van der Waals surface area (Å²) in [7, 11) is 1.68. The number of nitrogens with zero attached hydrogens (tertiary/aromatic N) is 4. The van der Waals surface area contributed by atoms with E-state index in [0.29, 0.717) is 17.7 Å². The highest BCUT2D eigenvalue weighted by Crippen LogP contribution is 2.46. The maximum Gasteiger partial charge on any atom is 0.295 e. The molecule has 1 fully saturated rings. The molecule has 3 amide bonds. The molecule has 0 saturated heterocycles. The third-order valence-electron chi connectivity index (χ3n) is 7.61. The summed E-state index contributed by atoms with van der Waals surface area (Å²) in [6.45, 7) is 4.51. The number of pyridine rings is 1. The molecule has 1 aliphatic carbocycles. The van der Waals surface area contributed by atoms with Crippen LogP contribution >= 0.6 is 11.6 Å². The van der Waals surface area contributed by atoms with Gasteiger partial charge in [0.25, 0.3) is 17.4 Å². The maximum absolute atomic E-state index is 13.7. The second kappa shape index (κ2) is 9.72. The Balaban J connectivity index is 1.48. The number of aromatic hydroxyl groups is 1. The largest absolute Gasteiger partial charge is 0.502 e. The Morgan fingerprint density at radius 3 is 2.55 bits per heavy atom. The predicted molar refractivity (Wildman–Crippen MR) is 137 cm³/mol. The van der Waals surface area contributed by atoms with Gasteiger partial charge in [0.1, 0.15) is 17.7 Å². The monoisotopic (exact) mass is 544 g/mol. The average Bonchev–Trinajstić information content (AvgIpc) is 3.67. The van der Waals surface area contributed by atoms with Gasteiger partial charge in [0.2, 0.25) is 5.91 Å².